The van der Waals surface area contributed by atoms with Crippen molar-refractivity contribution in [2.24, 2.45) is 17.6 Å². The number of hydrogen-bond donors (Lipinski definition) is 2. The van der Waals surface area contributed by atoms with Crippen LogP contribution in [0.2, 0.25) is 0 Å². The summed E-state index contributed by atoms with van der Waals surface area (Å²) in [5, 5.41) is 3.06. The number of carbonyl (C=O) groups is 1. The van der Waals surface area contributed by atoms with Gasteiger partial charge in [0.25, 0.3) is 0 Å². The molecule has 2 fully saturated rings. The minimum absolute atomic E-state index is 0.00931. The van der Waals surface area contributed by atoms with Crippen molar-refractivity contribution in [2.75, 3.05) is 6.61 Å². The molecule has 3 aliphatic carbocycles. The molecule has 2 heterocycles. The Morgan fingerprint density at radius 3 is 2.24 bits per heavy atom. The zero-order valence-electron chi connectivity index (χ0n) is 22.7. The molecule has 9 heteroatoms. The summed E-state index contributed by atoms with van der Waals surface area (Å²) in [6.07, 6.45) is 5.72. The minimum Gasteiger partial charge on any atom is -0.449 e. The van der Waals surface area contributed by atoms with Crippen LogP contribution in [0.25, 0.3) is 16.9 Å². The fraction of sp³-hybridized carbons (Fsp3) is 0.406. The average molecular weight is 558 g/mol. The number of fused-ring (bicyclic) bond motifs is 4. The number of rotatable bonds is 7. The van der Waals surface area contributed by atoms with Crippen LogP contribution in [0.4, 0.5) is 13.6 Å². The van der Waals surface area contributed by atoms with Crippen LogP contribution < -0.4 is 11.1 Å². The fourth-order valence-electron chi connectivity index (χ4n) is 6.53. The molecule has 0 spiro atoms. The molecule has 41 heavy (non-hydrogen) atoms. The number of hydrogen-bond acceptors (Lipinski definition) is 5. The SMILES string of the molecule is N[C@H](c1cn2ccc([C@H](NC(=O)OCC3c4ccccc4-c4ccccc43)C3CC3)nc2n1)C1CCC(F)(F)CC1. The van der Waals surface area contributed by atoms with Crippen molar-refractivity contribution in [1.82, 2.24) is 19.7 Å². The summed E-state index contributed by atoms with van der Waals surface area (Å²) in [5.74, 6) is -1.87. The van der Waals surface area contributed by atoms with Gasteiger partial charge in [0.15, 0.2) is 0 Å². The Morgan fingerprint density at radius 1 is 0.951 bits per heavy atom. The molecule has 212 valence electrons. The van der Waals surface area contributed by atoms with Gasteiger partial charge >= 0.3 is 6.09 Å². The van der Waals surface area contributed by atoms with Crippen LogP contribution in [0.1, 0.15) is 79.0 Å². The van der Waals surface area contributed by atoms with E-state index in [0.29, 0.717) is 24.3 Å². The quantitative estimate of drug-likeness (QED) is 0.269. The number of benzene rings is 2. The van der Waals surface area contributed by atoms with E-state index >= 15 is 0 Å². The van der Waals surface area contributed by atoms with Gasteiger partial charge in [0.1, 0.15) is 6.61 Å². The summed E-state index contributed by atoms with van der Waals surface area (Å²) in [6.45, 7) is 0.248. The molecule has 3 N–H and O–H groups in total. The van der Waals surface area contributed by atoms with E-state index in [1.54, 1.807) is 4.40 Å². The molecular weight excluding hydrogens is 524 g/mol. The van der Waals surface area contributed by atoms with Gasteiger partial charge in [0, 0.05) is 31.2 Å². The maximum Gasteiger partial charge on any atom is 0.407 e. The minimum atomic E-state index is -2.59. The van der Waals surface area contributed by atoms with E-state index in [1.165, 1.54) is 22.3 Å². The van der Waals surface area contributed by atoms with Crippen molar-refractivity contribution in [3.05, 3.63) is 89.5 Å². The van der Waals surface area contributed by atoms with Crippen LogP contribution in [0.15, 0.2) is 67.0 Å². The molecule has 2 atom stereocenters. The average Bonchev–Trinajstić information content (AvgIpc) is 3.65. The number of amides is 1. The van der Waals surface area contributed by atoms with Crippen molar-refractivity contribution in [1.29, 1.82) is 0 Å². The Morgan fingerprint density at radius 2 is 1.59 bits per heavy atom. The van der Waals surface area contributed by atoms with Crippen molar-refractivity contribution in [3.8, 4) is 11.1 Å². The Balaban J connectivity index is 1.04. The first-order valence-corrected chi connectivity index (χ1v) is 14.5. The van der Waals surface area contributed by atoms with Gasteiger partial charge in [-0.3, -0.25) is 4.40 Å². The number of imidazole rings is 1. The molecule has 0 bridgehead atoms. The number of alkyl halides is 2. The lowest BCUT2D eigenvalue weighted by Gasteiger charge is -2.31. The van der Waals surface area contributed by atoms with E-state index in [9.17, 15) is 13.6 Å². The smallest absolute Gasteiger partial charge is 0.407 e. The van der Waals surface area contributed by atoms with Crippen LogP contribution in [0.5, 0.6) is 0 Å². The van der Waals surface area contributed by atoms with Gasteiger partial charge in [-0.15, -0.1) is 0 Å². The van der Waals surface area contributed by atoms with Crippen LogP contribution >= 0.6 is 0 Å². The topological polar surface area (TPSA) is 94.5 Å². The number of nitrogens with one attached hydrogen (secondary N) is 1. The second-order valence-corrected chi connectivity index (χ2v) is 11.7. The first kappa shape index (κ1) is 26.1. The lowest BCUT2D eigenvalue weighted by atomic mass is 9.81. The Kier molecular flexibility index (Phi) is 6.49. The van der Waals surface area contributed by atoms with Crippen LogP contribution in [0, 0.1) is 11.8 Å². The third-order valence-electron chi connectivity index (χ3n) is 9.01. The summed E-state index contributed by atoms with van der Waals surface area (Å²) in [4.78, 5) is 22.5. The van der Waals surface area contributed by atoms with Crippen molar-refractivity contribution >= 4 is 11.9 Å². The Hall–Kier alpha value is -3.85. The zero-order chi connectivity index (χ0) is 28.1. The molecule has 0 unspecified atom stereocenters. The Labute approximate surface area is 237 Å². The highest BCUT2D eigenvalue weighted by Gasteiger charge is 2.38. The summed E-state index contributed by atoms with van der Waals surface area (Å²) in [7, 11) is 0. The fourth-order valence-corrected chi connectivity index (χ4v) is 6.53. The van der Waals surface area contributed by atoms with E-state index in [1.807, 2.05) is 42.7 Å². The maximum atomic E-state index is 13.6. The third-order valence-corrected chi connectivity index (χ3v) is 9.01. The van der Waals surface area contributed by atoms with Crippen molar-refractivity contribution < 1.29 is 18.3 Å². The molecule has 2 saturated carbocycles. The van der Waals surface area contributed by atoms with Gasteiger partial charge in [0.05, 0.1) is 23.5 Å². The number of alkyl carbamates (subject to hydrolysis) is 1. The second-order valence-electron chi connectivity index (χ2n) is 11.7. The normalized spacial score (nSPS) is 19.9. The number of carbonyl (C=O) groups excluding carboxylic acids is 1. The summed E-state index contributed by atoms with van der Waals surface area (Å²) in [6, 6.07) is 17.7. The standard InChI is InChI=1S/C32H33F2N5O2/c33-32(34)14-11-19(12-15-32)28(35)27-17-39-16-13-26(36-30(39)37-27)29(20-9-10-20)38-31(40)41-18-25-23-7-3-1-5-21(23)22-6-2-4-8-24(22)25/h1-8,13,16-17,19-20,25,28-29H,9-12,14-15,18,35H2,(H,38,40)/t28-,29+/m0/s1. The monoisotopic (exact) mass is 557 g/mol. The molecule has 0 radical (unpaired) electrons. The molecule has 4 aromatic rings. The van der Waals surface area contributed by atoms with Gasteiger partial charge in [-0.2, -0.15) is 0 Å². The number of nitrogens with zero attached hydrogens (tertiary/aromatic N) is 3. The van der Waals surface area contributed by atoms with Gasteiger partial charge in [-0.05, 0) is 65.8 Å². The number of halogens is 2. The summed E-state index contributed by atoms with van der Waals surface area (Å²) < 4.78 is 34.9. The number of aromatic nitrogens is 3. The lowest BCUT2D eigenvalue weighted by Crippen LogP contribution is -2.32. The third kappa shape index (κ3) is 5.07. The molecular formula is C32H33F2N5O2. The summed E-state index contributed by atoms with van der Waals surface area (Å²) in [5.41, 5.74) is 12.5. The van der Waals surface area contributed by atoms with E-state index in [2.05, 4.69) is 34.6 Å². The number of nitrogens with two attached hydrogens (primary N) is 1. The Bertz CT molecular complexity index is 1540. The summed E-state index contributed by atoms with van der Waals surface area (Å²) >= 11 is 0. The molecule has 3 aliphatic rings. The van der Waals surface area contributed by atoms with E-state index in [4.69, 9.17) is 15.5 Å². The lowest BCUT2D eigenvalue weighted by molar-refractivity contribution is -0.0484. The first-order chi connectivity index (χ1) is 19.9. The first-order valence-electron chi connectivity index (χ1n) is 14.5. The number of ether oxygens (including phenoxy) is 1. The van der Waals surface area contributed by atoms with Gasteiger partial charge in [-0.1, -0.05) is 48.5 Å². The van der Waals surface area contributed by atoms with Crippen molar-refractivity contribution in [2.45, 2.75) is 62.4 Å². The molecule has 7 nitrogen and oxygen atoms in total. The highest BCUT2D eigenvalue weighted by Crippen LogP contribution is 2.45. The van der Waals surface area contributed by atoms with E-state index in [-0.39, 0.29) is 43.2 Å². The van der Waals surface area contributed by atoms with Crippen LogP contribution in [0.3, 0.4) is 0 Å². The van der Waals surface area contributed by atoms with Gasteiger partial charge < -0.3 is 15.8 Å². The highest BCUT2D eigenvalue weighted by atomic mass is 19.3. The van der Waals surface area contributed by atoms with E-state index < -0.39 is 18.1 Å². The predicted molar refractivity (Wildman–Crippen MR) is 150 cm³/mol. The largest absolute Gasteiger partial charge is 0.449 e. The van der Waals surface area contributed by atoms with E-state index in [0.717, 1.165) is 18.5 Å². The molecule has 0 saturated heterocycles. The zero-order valence-corrected chi connectivity index (χ0v) is 22.7. The van der Waals surface area contributed by atoms with Crippen LogP contribution in [-0.4, -0.2) is 33.0 Å². The molecule has 2 aromatic heterocycles. The molecule has 7 rings (SSSR count). The van der Waals surface area contributed by atoms with Crippen LogP contribution in [-0.2, 0) is 4.74 Å². The second kappa shape index (κ2) is 10.2. The van der Waals surface area contributed by atoms with Gasteiger partial charge in [-0.25, -0.2) is 23.5 Å². The molecule has 1 amide bonds. The molecule has 2 aromatic carbocycles. The van der Waals surface area contributed by atoms with Gasteiger partial charge in [0.2, 0.25) is 11.7 Å². The highest BCUT2D eigenvalue weighted by molar-refractivity contribution is 5.79. The maximum absolute atomic E-state index is 13.6. The molecule has 0 aliphatic heterocycles. The predicted octanol–water partition coefficient (Wildman–Crippen LogP) is 6.54. The van der Waals surface area contributed by atoms with Crippen molar-refractivity contribution in [3.63, 3.8) is 0 Å².